The van der Waals surface area contributed by atoms with E-state index in [2.05, 4.69) is 10.6 Å². The molecule has 2 amide bonds. The number of aromatic carboxylic acids is 1. The first-order valence-electron chi connectivity index (χ1n) is 9.31. The summed E-state index contributed by atoms with van der Waals surface area (Å²) in [5.41, 5.74) is 3.16. The third kappa shape index (κ3) is 3.55. The van der Waals surface area contributed by atoms with Gasteiger partial charge < -0.3 is 20.6 Å². The van der Waals surface area contributed by atoms with Crippen molar-refractivity contribution in [3.63, 3.8) is 0 Å². The number of carbonyl (C=O) groups excluding carboxylic acids is 2. The van der Waals surface area contributed by atoms with Gasteiger partial charge >= 0.3 is 5.97 Å². The molecule has 2 aromatic rings. The first-order chi connectivity index (χ1) is 13.5. The Kier molecular flexibility index (Phi) is 4.73. The van der Waals surface area contributed by atoms with Crippen molar-refractivity contribution < 1.29 is 19.5 Å². The van der Waals surface area contributed by atoms with Gasteiger partial charge in [0, 0.05) is 24.6 Å². The summed E-state index contributed by atoms with van der Waals surface area (Å²) in [5, 5.41) is 15.0. The molecule has 0 unspecified atom stereocenters. The summed E-state index contributed by atoms with van der Waals surface area (Å²) in [5.74, 6) is -1.05. The van der Waals surface area contributed by atoms with Gasteiger partial charge in [0.05, 0.1) is 23.5 Å². The van der Waals surface area contributed by atoms with Crippen molar-refractivity contribution in [1.82, 2.24) is 4.90 Å². The van der Waals surface area contributed by atoms with Crippen LogP contribution >= 0.6 is 0 Å². The third-order valence-corrected chi connectivity index (χ3v) is 5.29. The summed E-state index contributed by atoms with van der Waals surface area (Å²) < 4.78 is 0. The largest absolute Gasteiger partial charge is 0.478 e. The first kappa shape index (κ1) is 18.0. The Bertz CT molecular complexity index is 956. The van der Waals surface area contributed by atoms with Crippen LogP contribution in [-0.2, 0) is 4.79 Å². The van der Waals surface area contributed by atoms with Crippen molar-refractivity contribution in [3.8, 4) is 0 Å². The number of hydrogen-bond donors (Lipinski definition) is 3. The smallest absolute Gasteiger partial charge is 0.335 e. The van der Waals surface area contributed by atoms with Gasteiger partial charge in [0.1, 0.15) is 0 Å². The third-order valence-electron chi connectivity index (χ3n) is 5.29. The zero-order chi connectivity index (χ0) is 19.7. The topological polar surface area (TPSA) is 98.7 Å². The Labute approximate surface area is 162 Å². The van der Waals surface area contributed by atoms with Crippen molar-refractivity contribution in [2.75, 3.05) is 30.3 Å². The summed E-state index contributed by atoms with van der Waals surface area (Å²) in [7, 11) is 0. The quantitative estimate of drug-likeness (QED) is 0.762. The van der Waals surface area contributed by atoms with Gasteiger partial charge in [-0.05, 0) is 48.7 Å². The molecule has 0 aliphatic carbocycles. The van der Waals surface area contributed by atoms with Crippen LogP contribution in [0.4, 0.5) is 11.4 Å². The van der Waals surface area contributed by atoms with E-state index < -0.39 is 5.97 Å². The van der Waals surface area contributed by atoms with Crippen LogP contribution in [0.15, 0.2) is 42.5 Å². The molecular weight excluding hydrogens is 358 g/mol. The number of nitrogens with zero attached hydrogens (tertiary/aromatic N) is 1. The summed E-state index contributed by atoms with van der Waals surface area (Å²) in [4.78, 5) is 37.6. The number of carboxylic acids is 1. The van der Waals surface area contributed by atoms with Crippen molar-refractivity contribution in [2.24, 2.45) is 0 Å². The summed E-state index contributed by atoms with van der Waals surface area (Å²) in [6.07, 6.45) is 1.77. The van der Waals surface area contributed by atoms with Crippen LogP contribution in [0.25, 0.3) is 0 Å². The van der Waals surface area contributed by atoms with Crippen LogP contribution < -0.4 is 10.6 Å². The van der Waals surface area contributed by atoms with Gasteiger partial charge in [-0.1, -0.05) is 12.1 Å². The van der Waals surface area contributed by atoms with Crippen molar-refractivity contribution in [2.45, 2.75) is 18.8 Å². The molecule has 28 heavy (non-hydrogen) atoms. The van der Waals surface area contributed by atoms with E-state index in [1.54, 1.807) is 41.3 Å². The van der Waals surface area contributed by atoms with Gasteiger partial charge in [0.15, 0.2) is 0 Å². The SMILES string of the molecule is O=C1CNc2ccc(C(=O)N3CCC[C@H](c4cccc(C(=O)O)c4)C3)cc2N1. The molecule has 2 aromatic carbocycles. The number of carbonyl (C=O) groups is 3. The van der Waals surface area contributed by atoms with Crippen molar-refractivity contribution >= 4 is 29.2 Å². The molecule has 0 bridgehead atoms. The van der Waals surface area contributed by atoms with E-state index in [1.807, 2.05) is 6.07 Å². The highest BCUT2D eigenvalue weighted by atomic mass is 16.4. The van der Waals surface area contributed by atoms with E-state index >= 15 is 0 Å². The van der Waals surface area contributed by atoms with Gasteiger partial charge in [-0.3, -0.25) is 9.59 Å². The second-order valence-corrected chi connectivity index (χ2v) is 7.18. The highest BCUT2D eigenvalue weighted by Gasteiger charge is 2.27. The van der Waals surface area contributed by atoms with E-state index in [1.165, 1.54) is 0 Å². The van der Waals surface area contributed by atoms with E-state index in [-0.39, 0.29) is 29.8 Å². The molecule has 3 N–H and O–H groups in total. The summed E-state index contributed by atoms with van der Waals surface area (Å²) in [6.45, 7) is 1.43. The molecule has 0 aromatic heterocycles. The zero-order valence-corrected chi connectivity index (χ0v) is 15.3. The predicted molar refractivity (Wildman–Crippen MR) is 105 cm³/mol. The molecule has 144 valence electrons. The molecular formula is C21H21N3O4. The van der Waals surface area contributed by atoms with Gasteiger partial charge in [-0.15, -0.1) is 0 Å². The van der Waals surface area contributed by atoms with Crippen molar-refractivity contribution in [3.05, 3.63) is 59.2 Å². The second kappa shape index (κ2) is 7.34. The molecule has 2 aliphatic rings. The fourth-order valence-corrected chi connectivity index (χ4v) is 3.85. The number of piperidine rings is 1. The van der Waals surface area contributed by atoms with E-state index in [9.17, 15) is 19.5 Å². The maximum atomic E-state index is 13.0. The van der Waals surface area contributed by atoms with Gasteiger partial charge in [-0.2, -0.15) is 0 Å². The lowest BCUT2D eigenvalue weighted by molar-refractivity contribution is -0.114. The Hall–Kier alpha value is -3.35. The van der Waals surface area contributed by atoms with Crippen LogP contribution in [0.2, 0.25) is 0 Å². The minimum absolute atomic E-state index is 0.0817. The maximum absolute atomic E-state index is 13.0. The molecule has 1 fully saturated rings. The second-order valence-electron chi connectivity index (χ2n) is 7.18. The fraction of sp³-hybridized carbons (Fsp3) is 0.286. The number of hydrogen-bond acceptors (Lipinski definition) is 4. The lowest BCUT2D eigenvalue weighted by Crippen LogP contribution is -2.39. The number of benzene rings is 2. The monoisotopic (exact) mass is 379 g/mol. The average Bonchev–Trinajstić information content (AvgIpc) is 2.73. The number of anilines is 2. The lowest BCUT2D eigenvalue weighted by atomic mass is 9.89. The first-order valence-corrected chi connectivity index (χ1v) is 9.31. The van der Waals surface area contributed by atoms with E-state index in [4.69, 9.17) is 0 Å². The molecule has 1 atom stereocenters. The molecule has 0 radical (unpaired) electrons. The van der Waals surface area contributed by atoms with Crippen LogP contribution in [0.5, 0.6) is 0 Å². The maximum Gasteiger partial charge on any atom is 0.335 e. The van der Waals surface area contributed by atoms with Crippen LogP contribution in [-0.4, -0.2) is 47.4 Å². The predicted octanol–water partition coefficient (Wildman–Crippen LogP) is 2.77. The number of rotatable bonds is 3. The molecule has 2 heterocycles. The molecule has 2 aliphatic heterocycles. The number of likely N-dealkylation sites (tertiary alicyclic amines) is 1. The summed E-state index contributed by atoms with van der Waals surface area (Å²) in [6, 6.07) is 12.2. The number of carboxylic acid groups (broad SMARTS) is 1. The van der Waals surface area contributed by atoms with Gasteiger partial charge in [-0.25, -0.2) is 4.79 Å². The molecule has 7 nitrogen and oxygen atoms in total. The average molecular weight is 379 g/mol. The normalized spacial score (nSPS) is 18.6. The van der Waals surface area contributed by atoms with Crippen LogP contribution in [0, 0.1) is 0 Å². The summed E-state index contributed by atoms with van der Waals surface area (Å²) >= 11 is 0. The lowest BCUT2D eigenvalue weighted by Gasteiger charge is -2.33. The minimum Gasteiger partial charge on any atom is -0.478 e. The number of amides is 2. The van der Waals surface area contributed by atoms with Crippen LogP contribution in [0.3, 0.4) is 0 Å². The Morgan fingerprint density at radius 2 is 1.93 bits per heavy atom. The number of nitrogens with one attached hydrogen (secondary N) is 2. The zero-order valence-electron chi connectivity index (χ0n) is 15.3. The molecule has 0 spiro atoms. The van der Waals surface area contributed by atoms with E-state index in [0.29, 0.717) is 24.3 Å². The Morgan fingerprint density at radius 1 is 1.07 bits per heavy atom. The van der Waals surface area contributed by atoms with Gasteiger partial charge in [0.25, 0.3) is 5.91 Å². The fourth-order valence-electron chi connectivity index (χ4n) is 3.85. The molecule has 1 saturated heterocycles. The van der Waals surface area contributed by atoms with Crippen molar-refractivity contribution in [1.29, 1.82) is 0 Å². The highest BCUT2D eigenvalue weighted by Crippen LogP contribution is 2.30. The van der Waals surface area contributed by atoms with Gasteiger partial charge in [0.2, 0.25) is 5.91 Å². The minimum atomic E-state index is -0.949. The molecule has 7 heteroatoms. The van der Waals surface area contributed by atoms with Crippen LogP contribution in [0.1, 0.15) is 45.0 Å². The molecule has 0 saturated carbocycles. The Morgan fingerprint density at radius 3 is 2.75 bits per heavy atom. The van der Waals surface area contributed by atoms with E-state index in [0.717, 1.165) is 24.1 Å². The standard InChI is InChI=1S/C21H21N3O4/c25-19-11-22-17-7-6-14(10-18(17)23-19)20(26)24-8-2-5-16(12-24)13-3-1-4-15(9-13)21(27)28/h1,3-4,6-7,9-10,16,22H,2,5,8,11-12H2,(H,23,25)(H,27,28)/t16-/m0/s1. The number of fused-ring (bicyclic) bond motifs is 1. The molecule has 4 rings (SSSR count). The highest BCUT2D eigenvalue weighted by molar-refractivity contribution is 6.03. The Balaban J connectivity index is 1.52.